The van der Waals surface area contributed by atoms with E-state index in [4.69, 9.17) is 0 Å². The Morgan fingerprint density at radius 3 is 2.75 bits per heavy atom. The molecule has 0 bridgehead atoms. The van der Waals surface area contributed by atoms with Gasteiger partial charge in [0.05, 0.1) is 5.69 Å². The zero-order valence-corrected chi connectivity index (χ0v) is 13.1. The molecule has 3 heterocycles. The second-order valence-electron chi connectivity index (χ2n) is 5.73. The fourth-order valence-corrected chi connectivity index (χ4v) is 2.63. The first-order valence-corrected chi connectivity index (χ1v) is 7.64. The van der Waals surface area contributed by atoms with Crippen LogP contribution in [0.3, 0.4) is 0 Å². The summed E-state index contributed by atoms with van der Waals surface area (Å²) in [4.78, 5) is 9.50. The van der Waals surface area contributed by atoms with Gasteiger partial charge in [-0.2, -0.15) is 18.3 Å². The molecule has 24 heavy (non-hydrogen) atoms. The van der Waals surface area contributed by atoms with Crippen molar-refractivity contribution in [1.82, 2.24) is 20.2 Å². The predicted molar refractivity (Wildman–Crippen MR) is 82.7 cm³/mol. The Balaban J connectivity index is 1.68. The number of nitrogens with zero attached hydrogens (tertiary/aromatic N) is 5. The van der Waals surface area contributed by atoms with Crippen molar-refractivity contribution in [3.05, 3.63) is 35.8 Å². The average molecular weight is 338 g/mol. The molecule has 0 aromatic carbocycles. The molecule has 1 aliphatic rings. The fourth-order valence-electron chi connectivity index (χ4n) is 2.63. The van der Waals surface area contributed by atoms with Gasteiger partial charge in [0.1, 0.15) is 5.69 Å². The molecule has 0 spiro atoms. The van der Waals surface area contributed by atoms with Crippen molar-refractivity contribution in [3.63, 3.8) is 0 Å². The van der Waals surface area contributed by atoms with Crippen molar-refractivity contribution in [2.24, 2.45) is 0 Å². The van der Waals surface area contributed by atoms with E-state index in [1.165, 1.54) is 0 Å². The number of halogens is 3. The molecule has 0 saturated carbocycles. The van der Waals surface area contributed by atoms with Crippen molar-refractivity contribution in [2.75, 3.05) is 23.3 Å². The van der Waals surface area contributed by atoms with E-state index in [9.17, 15) is 13.2 Å². The largest absolute Gasteiger partial charge is 0.433 e. The minimum atomic E-state index is -4.48. The van der Waals surface area contributed by atoms with E-state index in [1.807, 2.05) is 19.1 Å². The molecule has 9 heteroatoms. The molecule has 1 fully saturated rings. The maximum atomic E-state index is 12.7. The van der Waals surface area contributed by atoms with E-state index in [0.717, 1.165) is 43.2 Å². The minimum Gasteiger partial charge on any atom is -0.353 e. The summed E-state index contributed by atoms with van der Waals surface area (Å²) in [6.45, 7) is 3.30. The zero-order chi connectivity index (χ0) is 17.2. The van der Waals surface area contributed by atoms with Gasteiger partial charge in [-0.15, -0.1) is 5.10 Å². The van der Waals surface area contributed by atoms with Crippen molar-refractivity contribution < 1.29 is 13.2 Å². The van der Waals surface area contributed by atoms with Crippen LogP contribution in [0.1, 0.15) is 24.2 Å². The van der Waals surface area contributed by atoms with Crippen molar-refractivity contribution >= 4 is 11.8 Å². The van der Waals surface area contributed by atoms with Gasteiger partial charge in [0.25, 0.3) is 0 Å². The molecule has 128 valence electrons. The normalized spacial score (nSPS) is 18.5. The highest BCUT2D eigenvalue weighted by atomic mass is 19.4. The van der Waals surface area contributed by atoms with E-state index >= 15 is 0 Å². The van der Waals surface area contributed by atoms with Crippen LogP contribution in [0.5, 0.6) is 0 Å². The zero-order valence-electron chi connectivity index (χ0n) is 13.1. The molecule has 0 aliphatic carbocycles. The van der Waals surface area contributed by atoms with Crippen LogP contribution in [0.25, 0.3) is 0 Å². The summed E-state index contributed by atoms with van der Waals surface area (Å²) in [7, 11) is 0. The lowest BCUT2D eigenvalue weighted by atomic mass is 10.1. The molecule has 1 atom stereocenters. The first-order chi connectivity index (χ1) is 11.4. The van der Waals surface area contributed by atoms with E-state index in [2.05, 4.69) is 30.4 Å². The van der Waals surface area contributed by atoms with E-state index in [-0.39, 0.29) is 12.0 Å². The fraction of sp³-hybridized carbons (Fsp3) is 0.467. The topological polar surface area (TPSA) is 66.8 Å². The van der Waals surface area contributed by atoms with Crippen LogP contribution in [0.2, 0.25) is 0 Å². The summed E-state index contributed by atoms with van der Waals surface area (Å²) in [5.41, 5.74) is -0.111. The summed E-state index contributed by atoms with van der Waals surface area (Å²) >= 11 is 0. The number of piperidine rings is 1. The molecule has 6 nitrogen and oxygen atoms in total. The van der Waals surface area contributed by atoms with Crippen LogP contribution in [0.4, 0.5) is 24.9 Å². The van der Waals surface area contributed by atoms with Gasteiger partial charge in [-0.1, -0.05) is 0 Å². The van der Waals surface area contributed by atoms with Crippen LogP contribution >= 0.6 is 0 Å². The molecule has 1 aliphatic heterocycles. The highest BCUT2D eigenvalue weighted by Gasteiger charge is 2.33. The number of anilines is 2. The molecule has 3 rings (SSSR count). The second kappa shape index (κ2) is 6.58. The molecule has 0 radical (unpaired) electrons. The van der Waals surface area contributed by atoms with Gasteiger partial charge >= 0.3 is 6.18 Å². The SMILES string of the molecule is Cc1ccc(N2CCCC(Nc3nccc(C(F)(F)F)n3)C2)nn1. The molecule has 2 aromatic rings. The number of rotatable bonds is 3. The second-order valence-corrected chi connectivity index (χ2v) is 5.73. The smallest absolute Gasteiger partial charge is 0.353 e. The standard InChI is InChI=1S/C15H17F3N6/c1-10-4-5-13(23-22-10)24-8-2-3-11(9-24)20-14-19-7-6-12(21-14)15(16,17)18/h4-7,11H,2-3,8-9H2,1H3,(H,19,20,21). The van der Waals surface area contributed by atoms with Gasteiger partial charge in [-0.25, -0.2) is 9.97 Å². The molecule has 0 amide bonds. The third kappa shape index (κ3) is 3.90. The maximum Gasteiger partial charge on any atom is 0.433 e. The lowest BCUT2D eigenvalue weighted by molar-refractivity contribution is -0.141. The molecular formula is C15H17F3N6. The van der Waals surface area contributed by atoms with E-state index < -0.39 is 11.9 Å². The van der Waals surface area contributed by atoms with Gasteiger partial charge in [0.2, 0.25) is 5.95 Å². The van der Waals surface area contributed by atoms with Crippen LogP contribution in [0, 0.1) is 6.92 Å². The Hall–Kier alpha value is -2.45. The number of hydrogen-bond acceptors (Lipinski definition) is 6. The molecule has 1 unspecified atom stereocenters. The van der Waals surface area contributed by atoms with Crippen LogP contribution in [-0.2, 0) is 6.18 Å². The summed E-state index contributed by atoms with van der Waals surface area (Å²) < 4.78 is 38.2. The third-order valence-electron chi connectivity index (χ3n) is 3.81. The van der Waals surface area contributed by atoms with Gasteiger partial charge in [-0.05, 0) is 38.0 Å². The summed E-state index contributed by atoms with van der Waals surface area (Å²) in [6, 6.07) is 4.59. The lowest BCUT2D eigenvalue weighted by Gasteiger charge is -2.33. The Morgan fingerprint density at radius 1 is 1.21 bits per heavy atom. The van der Waals surface area contributed by atoms with Gasteiger partial charge in [0.15, 0.2) is 5.82 Å². The molecule has 1 saturated heterocycles. The first kappa shape index (κ1) is 16.4. The van der Waals surface area contributed by atoms with Gasteiger partial charge < -0.3 is 10.2 Å². The highest BCUT2D eigenvalue weighted by molar-refractivity contribution is 5.39. The van der Waals surface area contributed by atoms with Gasteiger partial charge in [-0.3, -0.25) is 0 Å². The third-order valence-corrected chi connectivity index (χ3v) is 3.81. The van der Waals surface area contributed by atoms with E-state index in [1.54, 1.807) is 0 Å². The van der Waals surface area contributed by atoms with Crippen molar-refractivity contribution in [1.29, 1.82) is 0 Å². The summed E-state index contributed by atoms with van der Waals surface area (Å²) in [5, 5.41) is 11.2. The highest BCUT2D eigenvalue weighted by Crippen LogP contribution is 2.28. The quantitative estimate of drug-likeness (QED) is 0.928. The van der Waals surface area contributed by atoms with Crippen LogP contribution < -0.4 is 10.2 Å². The van der Waals surface area contributed by atoms with E-state index in [0.29, 0.717) is 6.54 Å². The molecular weight excluding hydrogens is 321 g/mol. The van der Waals surface area contributed by atoms with Crippen molar-refractivity contribution in [2.45, 2.75) is 32.0 Å². The Labute approximate surface area is 137 Å². The van der Waals surface area contributed by atoms with Gasteiger partial charge in [0, 0.05) is 25.3 Å². The molecule has 1 N–H and O–H groups in total. The average Bonchev–Trinajstić information content (AvgIpc) is 2.55. The number of aromatic nitrogens is 4. The maximum absolute atomic E-state index is 12.7. The predicted octanol–water partition coefficient (Wildman–Crippen LogP) is 2.67. The summed E-state index contributed by atoms with van der Waals surface area (Å²) in [5.74, 6) is 0.753. The Bertz CT molecular complexity index is 688. The number of nitrogens with one attached hydrogen (secondary N) is 1. The Kier molecular flexibility index (Phi) is 4.50. The Morgan fingerprint density at radius 2 is 2.04 bits per heavy atom. The number of hydrogen-bond donors (Lipinski definition) is 1. The first-order valence-electron chi connectivity index (χ1n) is 7.64. The summed E-state index contributed by atoms with van der Waals surface area (Å²) in [6.07, 6.45) is -1.64. The number of alkyl halides is 3. The lowest BCUT2D eigenvalue weighted by Crippen LogP contribution is -2.43. The van der Waals surface area contributed by atoms with Crippen molar-refractivity contribution in [3.8, 4) is 0 Å². The van der Waals surface area contributed by atoms with Crippen LogP contribution in [0.15, 0.2) is 24.4 Å². The van der Waals surface area contributed by atoms with Crippen LogP contribution in [-0.4, -0.2) is 39.3 Å². The monoisotopic (exact) mass is 338 g/mol. The number of aryl methyl sites for hydroxylation is 1. The molecule has 2 aromatic heterocycles. The minimum absolute atomic E-state index is 0.00772.